The quantitative estimate of drug-likeness (QED) is 0.858. The summed E-state index contributed by atoms with van der Waals surface area (Å²) in [5, 5.41) is 0. The largest absolute Gasteiger partial charge is 0.382 e. The molecule has 0 unspecified atom stereocenters. The lowest BCUT2D eigenvalue weighted by Gasteiger charge is -2.15. The molecule has 0 aliphatic rings. The summed E-state index contributed by atoms with van der Waals surface area (Å²) in [5.74, 6) is -0.00691. The van der Waals surface area contributed by atoms with Gasteiger partial charge in [0.1, 0.15) is 11.5 Å². The van der Waals surface area contributed by atoms with Gasteiger partial charge in [0.2, 0.25) is 0 Å². The smallest absolute Gasteiger partial charge is 0.274 e. The molecule has 0 fully saturated rings. The molecule has 6 heteroatoms. The van der Waals surface area contributed by atoms with Crippen molar-refractivity contribution < 1.29 is 4.79 Å². The van der Waals surface area contributed by atoms with Crippen LogP contribution in [0.4, 0.5) is 5.82 Å². The molecular formula is C12H13N5O. The number of rotatable bonds is 3. The molecule has 0 aliphatic carbocycles. The van der Waals surface area contributed by atoms with Crippen molar-refractivity contribution in [2.75, 3.05) is 12.8 Å². The van der Waals surface area contributed by atoms with Crippen LogP contribution in [0.25, 0.3) is 0 Å². The van der Waals surface area contributed by atoms with E-state index in [1.165, 1.54) is 17.3 Å². The Kier molecular flexibility index (Phi) is 3.47. The fourth-order valence-corrected chi connectivity index (χ4v) is 1.49. The molecule has 2 N–H and O–H groups in total. The highest BCUT2D eigenvalue weighted by Gasteiger charge is 2.14. The molecule has 0 aromatic carbocycles. The lowest BCUT2D eigenvalue weighted by atomic mass is 10.3. The Balaban J connectivity index is 2.10. The molecule has 6 nitrogen and oxygen atoms in total. The zero-order valence-corrected chi connectivity index (χ0v) is 9.95. The summed E-state index contributed by atoms with van der Waals surface area (Å²) in [6, 6.07) is 5.56. The van der Waals surface area contributed by atoms with Crippen molar-refractivity contribution in [1.29, 1.82) is 0 Å². The van der Waals surface area contributed by atoms with Crippen LogP contribution < -0.4 is 5.73 Å². The first-order valence-electron chi connectivity index (χ1n) is 5.39. The summed E-state index contributed by atoms with van der Waals surface area (Å²) in [7, 11) is 1.68. The molecule has 1 amide bonds. The van der Waals surface area contributed by atoms with Crippen LogP contribution in [0.5, 0.6) is 0 Å². The van der Waals surface area contributed by atoms with E-state index < -0.39 is 0 Å². The van der Waals surface area contributed by atoms with Crippen molar-refractivity contribution in [3.8, 4) is 0 Å². The number of nitrogen functional groups attached to an aromatic ring is 1. The molecule has 0 bridgehead atoms. The minimum atomic E-state index is -0.236. The number of nitrogens with two attached hydrogens (primary N) is 1. The summed E-state index contributed by atoms with van der Waals surface area (Å²) in [4.78, 5) is 25.5. The van der Waals surface area contributed by atoms with Gasteiger partial charge in [0.15, 0.2) is 0 Å². The number of carbonyl (C=O) groups is 1. The second-order valence-corrected chi connectivity index (χ2v) is 3.81. The monoisotopic (exact) mass is 243 g/mol. The first-order valence-corrected chi connectivity index (χ1v) is 5.39. The first-order chi connectivity index (χ1) is 8.66. The topological polar surface area (TPSA) is 85.0 Å². The Labute approximate surface area is 105 Å². The molecule has 2 rings (SSSR count). The van der Waals surface area contributed by atoms with Gasteiger partial charge in [-0.15, -0.1) is 0 Å². The van der Waals surface area contributed by atoms with E-state index in [-0.39, 0.29) is 17.4 Å². The third-order valence-electron chi connectivity index (χ3n) is 2.34. The Hall–Kier alpha value is -2.50. The molecule has 2 aromatic rings. The minimum Gasteiger partial charge on any atom is -0.382 e. The normalized spacial score (nSPS) is 10.1. The Morgan fingerprint density at radius 3 is 2.89 bits per heavy atom. The van der Waals surface area contributed by atoms with Gasteiger partial charge in [-0.25, -0.2) is 4.98 Å². The Morgan fingerprint density at radius 2 is 2.22 bits per heavy atom. The summed E-state index contributed by atoms with van der Waals surface area (Å²) in [6.07, 6.45) is 4.48. The fourth-order valence-electron chi connectivity index (χ4n) is 1.49. The number of hydrogen-bond acceptors (Lipinski definition) is 5. The van der Waals surface area contributed by atoms with E-state index in [2.05, 4.69) is 15.0 Å². The van der Waals surface area contributed by atoms with Gasteiger partial charge in [0.25, 0.3) is 5.91 Å². The van der Waals surface area contributed by atoms with Gasteiger partial charge >= 0.3 is 0 Å². The molecule has 0 aliphatic heterocycles. The molecular weight excluding hydrogens is 230 g/mol. The first kappa shape index (κ1) is 12.0. The van der Waals surface area contributed by atoms with E-state index in [0.717, 1.165) is 5.69 Å². The summed E-state index contributed by atoms with van der Waals surface area (Å²) < 4.78 is 0. The third kappa shape index (κ3) is 2.79. The van der Waals surface area contributed by atoms with Gasteiger partial charge in [-0.05, 0) is 12.1 Å². The lowest BCUT2D eigenvalue weighted by Crippen LogP contribution is -2.27. The molecule has 0 saturated heterocycles. The number of hydrogen-bond donors (Lipinski definition) is 1. The number of carbonyl (C=O) groups excluding carboxylic acids is 1. The van der Waals surface area contributed by atoms with Crippen LogP contribution >= 0.6 is 0 Å². The molecule has 0 radical (unpaired) electrons. The van der Waals surface area contributed by atoms with E-state index in [4.69, 9.17) is 5.73 Å². The van der Waals surface area contributed by atoms with Crippen LogP contribution in [0, 0.1) is 0 Å². The highest BCUT2D eigenvalue weighted by molar-refractivity contribution is 5.92. The third-order valence-corrected chi connectivity index (χ3v) is 2.34. The Bertz CT molecular complexity index is 543. The zero-order valence-electron chi connectivity index (χ0n) is 9.95. The van der Waals surface area contributed by atoms with Crippen molar-refractivity contribution in [3.05, 3.63) is 48.2 Å². The van der Waals surface area contributed by atoms with Gasteiger partial charge in [-0.1, -0.05) is 6.07 Å². The molecule has 0 atom stereocenters. The SMILES string of the molecule is CN(Cc1ccccn1)C(=O)c1cncc(N)n1. The van der Waals surface area contributed by atoms with Gasteiger partial charge in [0, 0.05) is 13.2 Å². The van der Waals surface area contributed by atoms with Gasteiger partial charge in [0.05, 0.1) is 24.6 Å². The van der Waals surface area contributed by atoms with E-state index in [1.807, 2.05) is 18.2 Å². The summed E-state index contributed by atoms with van der Waals surface area (Å²) in [5.41, 5.74) is 6.53. The average molecular weight is 243 g/mol. The Morgan fingerprint density at radius 1 is 1.39 bits per heavy atom. The van der Waals surface area contributed by atoms with E-state index in [0.29, 0.717) is 6.54 Å². The number of aromatic nitrogens is 3. The van der Waals surface area contributed by atoms with Crippen LogP contribution in [-0.2, 0) is 6.54 Å². The highest BCUT2D eigenvalue weighted by Crippen LogP contribution is 2.05. The van der Waals surface area contributed by atoms with Crippen molar-refractivity contribution in [3.63, 3.8) is 0 Å². The van der Waals surface area contributed by atoms with E-state index >= 15 is 0 Å². The predicted octanol–water partition coefficient (Wildman–Crippen LogP) is 0.726. The van der Waals surface area contributed by atoms with Crippen LogP contribution in [0.15, 0.2) is 36.8 Å². The maximum Gasteiger partial charge on any atom is 0.274 e. The van der Waals surface area contributed by atoms with Gasteiger partial charge < -0.3 is 10.6 Å². The van der Waals surface area contributed by atoms with Crippen molar-refractivity contribution in [1.82, 2.24) is 19.9 Å². The number of amides is 1. The predicted molar refractivity (Wildman–Crippen MR) is 66.5 cm³/mol. The molecule has 0 spiro atoms. The summed E-state index contributed by atoms with van der Waals surface area (Å²) in [6.45, 7) is 0.413. The van der Waals surface area contributed by atoms with Crippen molar-refractivity contribution in [2.24, 2.45) is 0 Å². The van der Waals surface area contributed by atoms with Crippen molar-refractivity contribution in [2.45, 2.75) is 6.54 Å². The van der Waals surface area contributed by atoms with Crippen LogP contribution in [-0.4, -0.2) is 32.8 Å². The maximum absolute atomic E-state index is 12.0. The van der Waals surface area contributed by atoms with Crippen LogP contribution in [0.3, 0.4) is 0 Å². The minimum absolute atomic E-state index is 0.229. The average Bonchev–Trinajstić information content (AvgIpc) is 2.39. The van der Waals surface area contributed by atoms with Crippen molar-refractivity contribution >= 4 is 11.7 Å². The lowest BCUT2D eigenvalue weighted by molar-refractivity contribution is 0.0777. The standard InChI is InChI=1S/C12H13N5O/c1-17(8-9-4-2-3-5-15-9)12(18)10-6-14-7-11(13)16-10/h2-7H,8H2,1H3,(H2,13,16). The van der Waals surface area contributed by atoms with Gasteiger partial charge in [-0.3, -0.25) is 14.8 Å². The van der Waals surface area contributed by atoms with Crippen LogP contribution in [0.2, 0.25) is 0 Å². The fraction of sp³-hybridized carbons (Fsp3) is 0.167. The highest BCUT2D eigenvalue weighted by atomic mass is 16.2. The second kappa shape index (κ2) is 5.22. The van der Waals surface area contributed by atoms with E-state index in [9.17, 15) is 4.79 Å². The zero-order chi connectivity index (χ0) is 13.0. The van der Waals surface area contributed by atoms with Crippen LogP contribution in [0.1, 0.15) is 16.2 Å². The number of nitrogens with zero attached hydrogens (tertiary/aromatic N) is 4. The molecule has 18 heavy (non-hydrogen) atoms. The second-order valence-electron chi connectivity index (χ2n) is 3.81. The molecule has 2 heterocycles. The number of anilines is 1. The maximum atomic E-state index is 12.0. The van der Waals surface area contributed by atoms with Gasteiger partial charge in [-0.2, -0.15) is 0 Å². The van der Waals surface area contributed by atoms with E-state index in [1.54, 1.807) is 13.2 Å². The molecule has 92 valence electrons. The summed E-state index contributed by atoms with van der Waals surface area (Å²) >= 11 is 0. The molecule has 0 saturated carbocycles. The number of pyridine rings is 1. The molecule has 2 aromatic heterocycles.